The predicted molar refractivity (Wildman–Crippen MR) is 94.2 cm³/mol. The maximum Gasteiger partial charge on any atom is 0.155 e. The molecule has 0 spiro atoms. The van der Waals surface area contributed by atoms with E-state index in [2.05, 4.69) is 6.92 Å². The van der Waals surface area contributed by atoms with Crippen LogP contribution >= 0.6 is 11.2 Å². The first-order valence-corrected chi connectivity index (χ1v) is 10.3. The predicted octanol–water partition coefficient (Wildman–Crippen LogP) is 4.53. The fourth-order valence-corrected chi connectivity index (χ4v) is 7.73. The molecule has 0 heterocycles. The van der Waals surface area contributed by atoms with Crippen LogP contribution in [-0.4, -0.2) is 15.8 Å². The molecule has 4 aliphatic carbocycles. The molecule has 0 aliphatic heterocycles. The molecular formula is C20H28O2S. The number of carbonyl (C=O) groups is 1. The molecule has 0 aromatic rings. The van der Waals surface area contributed by atoms with Gasteiger partial charge in [-0.15, -0.1) is 16.9 Å². The van der Waals surface area contributed by atoms with Gasteiger partial charge in [0.15, 0.2) is 5.78 Å². The monoisotopic (exact) mass is 332 g/mol. The van der Waals surface area contributed by atoms with Crippen LogP contribution in [0.3, 0.4) is 0 Å². The summed E-state index contributed by atoms with van der Waals surface area (Å²) in [5.41, 5.74) is 7.40. The van der Waals surface area contributed by atoms with Gasteiger partial charge in [0.2, 0.25) is 0 Å². The van der Waals surface area contributed by atoms with Crippen molar-refractivity contribution in [3.8, 4) is 5.69 Å². The Balaban J connectivity index is 1.67. The Kier molecular flexibility index (Phi) is 3.75. The van der Waals surface area contributed by atoms with Gasteiger partial charge in [-0.25, -0.2) is 0 Å². The molecule has 0 amide bonds. The molecule has 3 fully saturated rings. The molecule has 0 unspecified atom stereocenters. The van der Waals surface area contributed by atoms with Crippen molar-refractivity contribution in [3.05, 3.63) is 11.6 Å². The van der Waals surface area contributed by atoms with Gasteiger partial charge in [-0.05, 0) is 81.1 Å². The Morgan fingerprint density at radius 1 is 1.22 bits per heavy atom. The van der Waals surface area contributed by atoms with Crippen LogP contribution < -0.4 is 0 Å². The van der Waals surface area contributed by atoms with Gasteiger partial charge in [0, 0.05) is 11.8 Å². The van der Waals surface area contributed by atoms with E-state index in [1.807, 2.05) is 6.08 Å². The molecule has 4 aliphatic rings. The second-order valence-electron chi connectivity index (χ2n) is 8.29. The average molecular weight is 333 g/mol. The molecule has 0 radical (unpaired) electrons. The second kappa shape index (κ2) is 5.44. The van der Waals surface area contributed by atoms with E-state index in [1.165, 1.54) is 29.6 Å². The molecule has 4 rings (SSSR count). The minimum atomic E-state index is -0.726. The number of hydrogen-bond acceptors (Lipinski definition) is 2. The molecule has 2 nitrogen and oxygen atoms in total. The van der Waals surface area contributed by atoms with Gasteiger partial charge in [0.1, 0.15) is 4.93 Å². The summed E-state index contributed by atoms with van der Waals surface area (Å²) in [6.45, 7) is 2.24. The molecule has 6 atom stereocenters. The number of carbonyl (C=O) groups excluding carboxylic acids is 1. The molecule has 3 saturated carbocycles. The average Bonchev–Trinajstić information content (AvgIpc) is 2.88. The van der Waals surface area contributed by atoms with Crippen molar-refractivity contribution >= 4 is 17.0 Å². The van der Waals surface area contributed by atoms with E-state index in [0.29, 0.717) is 17.6 Å². The van der Waals surface area contributed by atoms with E-state index in [0.717, 1.165) is 56.8 Å². The fourth-order valence-electron chi connectivity index (χ4n) is 6.86. The molecule has 0 bridgehead atoms. The Morgan fingerprint density at radius 3 is 2.78 bits per heavy atom. The van der Waals surface area contributed by atoms with E-state index in [4.69, 9.17) is 5.69 Å². The molecule has 0 aromatic carbocycles. The lowest BCUT2D eigenvalue weighted by Crippen LogP contribution is -2.52. The first kappa shape index (κ1) is 15.9. The van der Waals surface area contributed by atoms with E-state index in [-0.39, 0.29) is 5.41 Å². The summed E-state index contributed by atoms with van der Waals surface area (Å²) in [7, 11) is 0. The number of ketones is 1. The Morgan fingerprint density at radius 2 is 2.04 bits per heavy atom. The molecule has 3 heteroatoms. The van der Waals surface area contributed by atoms with Crippen molar-refractivity contribution < 1.29 is 9.90 Å². The molecule has 23 heavy (non-hydrogen) atoms. The first-order valence-electron chi connectivity index (χ1n) is 9.38. The SMILES string of the molecule is C#S[C@@]1(O)CC[C@H]2[C@@H]3CCC4=CC(=O)CC[C@@H]4[C@H]3CC[C@@]21CC. The lowest BCUT2D eigenvalue weighted by Gasteiger charge is -2.55. The molecule has 1 N–H and O–H groups in total. The Labute approximate surface area is 143 Å². The molecular weight excluding hydrogens is 304 g/mol. The Bertz CT molecular complexity index is 603. The van der Waals surface area contributed by atoms with Crippen molar-refractivity contribution in [3.63, 3.8) is 0 Å². The number of rotatable bonds is 1. The maximum absolute atomic E-state index is 11.8. The summed E-state index contributed by atoms with van der Waals surface area (Å²) in [6.07, 6.45) is 11.4. The second-order valence-corrected chi connectivity index (χ2v) is 9.20. The highest BCUT2D eigenvalue weighted by Gasteiger charge is 2.63. The lowest BCUT2D eigenvalue weighted by molar-refractivity contribution is -0.116. The number of hydrogen-bond donors (Lipinski definition) is 1. The molecule has 0 aromatic heterocycles. The van der Waals surface area contributed by atoms with Crippen LogP contribution in [0, 0.1) is 34.8 Å². The van der Waals surface area contributed by atoms with Gasteiger partial charge in [0.25, 0.3) is 0 Å². The summed E-state index contributed by atoms with van der Waals surface area (Å²) in [5.74, 6) is 3.05. The Hall–Kier alpha value is -0.630. The summed E-state index contributed by atoms with van der Waals surface area (Å²) < 4.78 is 0. The third kappa shape index (κ3) is 2.06. The van der Waals surface area contributed by atoms with E-state index >= 15 is 0 Å². The smallest absolute Gasteiger partial charge is 0.155 e. The zero-order valence-corrected chi connectivity index (χ0v) is 14.9. The van der Waals surface area contributed by atoms with Crippen molar-refractivity contribution in [2.75, 3.05) is 0 Å². The van der Waals surface area contributed by atoms with E-state index < -0.39 is 4.93 Å². The largest absolute Gasteiger partial charge is 0.375 e. The third-order valence-electron chi connectivity index (χ3n) is 7.91. The van der Waals surface area contributed by atoms with Crippen LogP contribution in [0.15, 0.2) is 11.6 Å². The van der Waals surface area contributed by atoms with Crippen molar-refractivity contribution in [1.82, 2.24) is 0 Å². The van der Waals surface area contributed by atoms with Gasteiger partial charge in [-0.1, -0.05) is 12.5 Å². The molecule has 126 valence electrons. The summed E-state index contributed by atoms with van der Waals surface area (Å²) in [6, 6.07) is 0. The summed E-state index contributed by atoms with van der Waals surface area (Å²) in [5, 5.41) is 11.2. The van der Waals surface area contributed by atoms with Gasteiger partial charge in [-0.2, -0.15) is 0 Å². The first-order chi connectivity index (χ1) is 11.0. The zero-order chi connectivity index (χ0) is 16.2. The van der Waals surface area contributed by atoms with Crippen LogP contribution in [0.2, 0.25) is 0 Å². The van der Waals surface area contributed by atoms with Crippen molar-refractivity contribution in [2.24, 2.45) is 29.1 Å². The van der Waals surface area contributed by atoms with Gasteiger partial charge in [-0.3, -0.25) is 4.79 Å². The van der Waals surface area contributed by atoms with Crippen LogP contribution in [0.4, 0.5) is 0 Å². The van der Waals surface area contributed by atoms with Crippen LogP contribution in [0.5, 0.6) is 0 Å². The van der Waals surface area contributed by atoms with Crippen molar-refractivity contribution in [1.29, 1.82) is 0 Å². The number of aliphatic hydroxyl groups is 1. The third-order valence-corrected chi connectivity index (χ3v) is 8.91. The number of allylic oxidation sites excluding steroid dienone is 1. The van der Waals surface area contributed by atoms with Gasteiger partial charge in [0.05, 0.1) is 0 Å². The van der Waals surface area contributed by atoms with Crippen LogP contribution in [0.1, 0.15) is 64.7 Å². The summed E-state index contributed by atoms with van der Waals surface area (Å²) in [4.78, 5) is 11.0. The number of fused-ring (bicyclic) bond motifs is 5. The lowest BCUT2D eigenvalue weighted by atomic mass is 9.51. The summed E-state index contributed by atoms with van der Waals surface area (Å²) >= 11 is 1.21. The quantitative estimate of drug-likeness (QED) is 0.716. The standard InChI is InChI=1S/C20H28O2S/c1-3-19-10-8-16-15-7-5-14(21)12-13(15)4-6-17(16)18(19)9-11-20(19,22)23-2/h2,12,15-18,22H,3-11H2,1H3/t15-,16+,17+,18-,19-,20-/m0/s1. The van der Waals surface area contributed by atoms with Crippen LogP contribution in [-0.2, 0) is 4.79 Å². The molecule has 0 saturated heterocycles. The van der Waals surface area contributed by atoms with Gasteiger partial charge < -0.3 is 5.11 Å². The normalized spacial score (nSPS) is 48.9. The van der Waals surface area contributed by atoms with Gasteiger partial charge >= 0.3 is 0 Å². The van der Waals surface area contributed by atoms with E-state index in [1.54, 1.807) is 0 Å². The van der Waals surface area contributed by atoms with E-state index in [9.17, 15) is 9.90 Å². The zero-order valence-electron chi connectivity index (χ0n) is 14.1. The highest BCUT2D eigenvalue weighted by molar-refractivity contribution is 7.89. The highest BCUT2D eigenvalue weighted by Crippen LogP contribution is 2.67. The minimum absolute atomic E-state index is 0.0132. The van der Waals surface area contributed by atoms with Crippen molar-refractivity contribution in [2.45, 2.75) is 69.6 Å². The van der Waals surface area contributed by atoms with Crippen LogP contribution in [0.25, 0.3) is 0 Å². The fraction of sp³-hybridized carbons (Fsp3) is 0.800. The maximum atomic E-state index is 11.8. The topological polar surface area (TPSA) is 37.3 Å². The minimum Gasteiger partial charge on any atom is -0.375 e. The highest BCUT2D eigenvalue weighted by atomic mass is 32.1.